The maximum atomic E-state index is 12.5. The Hall–Kier alpha value is -3.22. The van der Waals surface area contributed by atoms with E-state index >= 15 is 0 Å². The van der Waals surface area contributed by atoms with Gasteiger partial charge in [-0.3, -0.25) is 24.0 Å². The van der Waals surface area contributed by atoms with E-state index in [9.17, 15) is 28.8 Å². The summed E-state index contributed by atoms with van der Waals surface area (Å²) < 4.78 is 0. The van der Waals surface area contributed by atoms with Gasteiger partial charge in [-0.15, -0.1) is 0 Å². The molecule has 176 valence electrons. The quantitative estimate of drug-likeness (QED) is 0.159. The van der Waals surface area contributed by atoms with Gasteiger partial charge < -0.3 is 37.0 Å². The van der Waals surface area contributed by atoms with E-state index in [-0.39, 0.29) is 19.3 Å². The first kappa shape index (κ1) is 27.8. The van der Waals surface area contributed by atoms with Crippen LogP contribution in [-0.4, -0.2) is 75.1 Å². The van der Waals surface area contributed by atoms with Crippen LogP contribution in [0.3, 0.4) is 0 Å². The SMILES string of the molecule is CC(NC(=O)C(N)CCC(=O)O)C(=O)NC(C(=O)NC(CCC(=O)O)C(=O)O)C(C)C. The van der Waals surface area contributed by atoms with Crippen LogP contribution >= 0.6 is 0 Å². The molecular formula is C18H30N4O9. The topological polar surface area (TPSA) is 225 Å². The number of hydrogen-bond donors (Lipinski definition) is 7. The minimum atomic E-state index is -1.45. The van der Waals surface area contributed by atoms with Crippen molar-refractivity contribution in [3.63, 3.8) is 0 Å². The molecule has 13 nitrogen and oxygen atoms in total. The van der Waals surface area contributed by atoms with E-state index in [1.54, 1.807) is 13.8 Å². The molecule has 0 radical (unpaired) electrons. The van der Waals surface area contributed by atoms with Crippen LogP contribution in [0.15, 0.2) is 0 Å². The van der Waals surface area contributed by atoms with Crippen LogP contribution in [0.2, 0.25) is 0 Å². The molecule has 31 heavy (non-hydrogen) atoms. The first-order valence-corrected chi connectivity index (χ1v) is 9.59. The maximum Gasteiger partial charge on any atom is 0.326 e. The minimum Gasteiger partial charge on any atom is -0.481 e. The Morgan fingerprint density at radius 3 is 1.71 bits per heavy atom. The molecule has 13 heteroatoms. The van der Waals surface area contributed by atoms with Crippen molar-refractivity contribution < 1.29 is 44.1 Å². The summed E-state index contributed by atoms with van der Waals surface area (Å²) in [5, 5.41) is 33.4. The summed E-state index contributed by atoms with van der Waals surface area (Å²) in [6.45, 7) is 4.53. The minimum absolute atomic E-state index is 0.126. The molecule has 0 aromatic heterocycles. The number of carboxylic acids is 3. The monoisotopic (exact) mass is 446 g/mol. The third-order valence-corrected chi connectivity index (χ3v) is 4.27. The van der Waals surface area contributed by atoms with Gasteiger partial charge in [0.05, 0.1) is 6.04 Å². The second-order valence-electron chi connectivity index (χ2n) is 7.33. The third kappa shape index (κ3) is 10.9. The van der Waals surface area contributed by atoms with Gasteiger partial charge in [-0.1, -0.05) is 13.8 Å². The molecule has 0 heterocycles. The van der Waals surface area contributed by atoms with Crippen LogP contribution in [0.4, 0.5) is 0 Å². The molecule has 0 aliphatic heterocycles. The summed E-state index contributed by atoms with van der Waals surface area (Å²) in [5.74, 6) is -6.53. The second kappa shape index (κ2) is 13.2. The van der Waals surface area contributed by atoms with Crippen molar-refractivity contribution in [1.82, 2.24) is 16.0 Å². The largest absolute Gasteiger partial charge is 0.481 e. The van der Waals surface area contributed by atoms with Gasteiger partial charge >= 0.3 is 17.9 Å². The molecule has 0 aliphatic carbocycles. The van der Waals surface area contributed by atoms with Gasteiger partial charge in [-0.25, -0.2) is 4.79 Å². The summed E-state index contributed by atoms with van der Waals surface area (Å²) in [6.07, 6.45) is -1.26. The zero-order chi connectivity index (χ0) is 24.3. The van der Waals surface area contributed by atoms with E-state index in [1.807, 2.05) is 0 Å². The number of hydrogen-bond acceptors (Lipinski definition) is 7. The van der Waals surface area contributed by atoms with E-state index < -0.39 is 72.1 Å². The molecule has 0 bridgehead atoms. The van der Waals surface area contributed by atoms with Crippen LogP contribution in [0.1, 0.15) is 46.5 Å². The van der Waals surface area contributed by atoms with E-state index in [1.165, 1.54) is 6.92 Å². The molecule has 0 saturated carbocycles. The average Bonchev–Trinajstić information content (AvgIpc) is 2.65. The number of amides is 3. The van der Waals surface area contributed by atoms with Crippen molar-refractivity contribution in [2.24, 2.45) is 11.7 Å². The van der Waals surface area contributed by atoms with E-state index in [2.05, 4.69) is 16.0 Å². The lowest BCUT2D eigenvalue weighted by Crippen LogP contribution is -2.57. The highest BCUT2D eigenvalue weighted by Gasteiger charge is 2.30. The molecule has 0 spiro atoms. The molecule has 0 fully saturated rings. The summed E-state index contributed by atoms with van der Waals surface area (Å²) in [7, 11) is 0. The molecule has 0 aliphatic rings. The molecule has 3 amide bonds. The van der Waals surface area contributed by atoms with Gasteiger partial charge in [0.2, 0.25) is 17.7 Å². The fourth-order valence-electron chi connectivity index (χ4n) is 2.40. The van der Waals surface area contributed by atoms with Crippen molar-refractivity contribution in [1.29, 1.82) is 0 Å². The van der Waals surface area contributed by atoms with Crippen molar-refractivity contribution in [3.05, 3.63) is 0 Å². The number of nitrogens with two attached hydrogens (primary N) is 1. The van der Waals surface area contributed by atoms with Crippen molar-refractivity contribution in [2.75, 3.05) is 0 Å². The Labute approximate surface area is 178 Å². The Balaban J connectivity index is 4.99. The van der Waals surface area contributed by atoms with Gasteiger partial charge in [0.15, 0.2) is 0 Å². The Bertz CT molecular complexity index is 696. The molecule has 4 atom stereocenters. The van der Waals surface area contributed by atoms with Gasteiger partial charge in [-0.2, -0.15) is 0 Å². The number of nitrogens with one attached hydrogen (secondary N) is 3. The van der Waals surface area contributed by atoms with Crippen LogP contribution in [0, 0.1) is 5.92 Å². The van der Waals surface area contributed by atoms with Gasteiger partial charge in [0.1, 0.15) is 18.1 Å². The zero-order valence-corrected chi connectivity index (χ0v) is 17.6. The summed E-state index contributed by atoms with van der Waals surface area (Å²) in [4.78, 5) is 69.3. The Kier molecular flexibility index (Phi) is 11.8. The van der Waals surface area contributed by atoms with Gasteiger partial charge in [0, 0.05) is 12.8 Å². The number of carbonyl (C=O) groups is 6. The molecule has 0 aromatic rings. The van der Waals surface area contributed by atoms with Crippen LogP contribution in [0.25, 0.3) is 0 Å². The van der Waals surface area contributed by atoms with Crippen LogP contribution in [-0.2, 0) is 28.8 Å². The first-order valence-electron chi connectivity index (χ1n) is 9.59. The molecular weight excluding hydrogens is 416 g/mol. The first-order chi connectivity index (χ1) is 14.3. The summed E-state index contributed by atoms with van der Waals surface area (Å²) in [6, 6.07) is -4.86. The highest BCUT2D eigenvalue weighted by atomic mass is 16.4. The Morgan fingerprint density at radius 1 is 0.742 bits per heavy atom. The maximum absolute atomic E-state index is 12.5. The van der Waals surface area contributed by atoms with Crippen LogP contribution < -0.4 is 21.7 Å². The fourth-order valence-corrected chi connectivity index (χ4v) is 2.40. The number of rotatable bonds is 14. The van der Waals surface area contributed by atoms with Crippen molar-refractivity contribution in [3.8, 4) is 0 Å². The molecule has 0 aromatic carbocycles. The van der Waals surface area contributed by atoms with E-state index in [4.69, 9.17) is 21.1 Å². The van der Waals surface area contributed by atoms with Gasteiger partial charge in [0.25, 0.3) is 0 Å². The Morgan fingerprint density at radius 2 is 1.26 bits per heavy atom. The van der Waals surface area contributed by atoms with Gasteiger partial charge in [-0.05, 0) is 25.7 Å². The summed E-state index contributed by atoms with van der Waals surface area (Å²) >= 11 is 0. The lowest BCUT2D eigenvalue weighted by Gasteiger charge is -2.25. The highest BCUT2D eigenvalue weighted by molar-refractivity contribution is 5.94. The molecule has 4 unspecified atom stereocenters. The predicted molar refractivity (Wildman–Crippen MR) is 106 cm³/mol. The predicted octanol–water partition coefficient (Wildman–Crippen LogP) is -1.74. The average molecular weight is 446 g/mol. The molecule has 8 N–H and O–H groups in total. The summed E-state index contributed by atoms with van der Waals surface area (Å²) in [5.41, 5.74) is 5.58. The highest BCUT2D eigenvalue weighted by Crippen LogP contribution is 2.06. The van der Waals surface area contributed by atoms with E-state index in [0.29, 0.717) is 0 Å². The van der Waals surface area contributed by atoms with E-state index in [0.717, 1.165) is 0 Å². The number of aliphatic carboxylic acids is 3. The molecule has 0 rings (SSSR count). The van der Waals surface area contributed by atoms with Crippen molar-refractivity contribution in [2.45, 2.75) is 70.6 Å². The zero-order valence-electron chi connectivity index (χ0n) is 17.6. The fraction of sp³-hybridized carbons (Fsp3) is 0.667. The third-order valence-electron chi connectivity index (χ3n) is 4.27. The second-order valence-corrected chi connectivity index (χ2v) is 7.33. The standard InChI is InChI=1S/C18H30N4O9/c1-8(2)14(17(29)21-11(18(30)31)5-7-13(25)26)22-15(27)9(3)20-16(28)10(19)4-6-12(23)24/h8-11,14H,4-7,19H2,1-3H3,(H,20,28)(H,21,29)(H,22,27)(H,23,24)(H,25,26)(H,30,31). The van der Waals surface area contributed by atoms with Crippen LogP contribution in [0.5, 0.6) is 0 Å². The molecule has 0 saturated heterocycles. The number of carbonyl (C=O) groups excluding carboxylic acids is 3. The number of carboxylic acid groups (broad SMARTS) is 3. The lowest BCUT2D eigenvalue weighted by molar-refractivity contribution is -0.144. The van der Waals surface area contributed by atoms with Crippen molar-refractivity contribution >= 4 is 35.6 Å². The smallest absolute Gasteiger partial charge is 0.326 e. The normalized spacial score (nSPS) is 14.6. The lowest BCUT2D eigenvalue weighted by atomic mass is 10.0.